The molecule has 6 nitrogen and oxygen atoms in total. The minimum atomic E-state index is -3.61. The highest BCUT2D eigenvalue weighted by Crippen LogP contribution is 2.33. The Bertz CT molecular complexity index is 741. The van der Waals surface area contributed by atoms with Crippen molar-refractivity contribution in [3.63, 3.8) is 0 Å². The molecule has 1 fully saturated rings. The summed E-state index contributed by atoms with van der Waals surface area (Å²) in [5, 5.41) is 2.66. The molecule has 1 N–H and O–H groups in total. The lowest BCUT2D eigenvalue weighted by Gasteiger charge is -2.30. The molecule has 1 aliphatic heterocycles. The van der Waals surface area contributed by atoms with Crippen LogP contribution in [-0.4, -0.2) is 38.3 Å². The molecule has 0 radical (unpaired) electrons. The topological polar surface area (TPSA) is 75.7 Å². The van der Waals surface area contributed by atoms with E-state index in [1.54, 1.807) is 13.1 Å². The average molecular weight is 366 g/mol. The Labute approximate surface area is 149 Å². The third kappa shape index (κ3) is 3.98. The number of carbonyl (C=O) groups excluding carboxylic acids is 1. The smallest absolute Gasteiger partial charge is 0.262 e. The van der Waals surface area contributed by atoms with Crippen LogP contribution in [-0.2, 0) is 14.8 Å². The number of ether oxygens (including phenoxy) is 1. The van der Waals surface area contributed by atoms with E-state index >= 15 is 0 Å². The van der Waals surface area contributed by atoms with Crippen LogP contribution in [0.4, 0.5) is 5.69 Å². The van der Waals surface area contributed by atoms with Gasteiger partial charge in [-0.05, 0) is 37.5 Å². The van der Waals surface area contributed by atoms with Crippen molar-refractivity contribution in [2.24, 2.45) is 5.92 Å². The first-order chi connectivity index (χ1) is 11.9. The molecule has 0 bridgehead atoms. The van der Waals surface area contributed by atoms with E-state index in [9.17, 15) is 13.2 Å². The molecule has 1 heterocycles. The molecule has 0 spiro atoms. The SMILES string of the molecule is C[C@H](CC1CCCCC1)N(C)S(=O)(=O)c1ccc2c(c1)NC(=O)CO2. The van der Waals surface area contributed by atoms with Crippen molar-refractivity contribution in [2.45, 2.75) is 56.4 Å². The third-order valence-electron chi connectivity index (χ3n) is 5.28. The van der Waals surface area contributed by atoms with Crippen LogP contribution in [0.2, 0.25) is 0 Å². The molecule has 0 aromatic heterocycles. The molecule has 0 saturated heterocycles. The molecule has 1 aliphatic carbocycles. The van der Waals surface area contributed by atoms with Crippen molar-refractivity contribution in [3.05, 3.63) is 18.2 Å². The summed E-state index contributed by atoms with van der Waals surface area (Å²) in [5.74, 6) is 0.829. The van der Waals surface area contributed by atoms with Gasteiger partial charge >= 0.3 is 0 Å². The van der Waals surface area contributed by atoms with E-state index < -0.39 is 10.0 Å². The fourth-order valence-corrected chi connectivity index (χ4v) is 5.08. The van der Waals surface area contributed by atoms with Gasteiger partial charge < -0.3 is 10.1 Å². The molecule has 1 amide bonds. The summed E-state index contributed by atoms with van der Waals surface area (Å²) in [6.07, 6.45) is 7.07. The fraction of sp³-hybridized carbons (Fsp3) is 0.611. The number of anilines is 1. The zero-order valence-corrected chi connectivity index (χ0v) is 15.6. The molecular weight excluding hydrogens is 340 g/mol. The molecule has 138 valence electrons. The molecule has 1 saturated carbocycles. The maximum absolute atomic E-state index is 13.0. The lowest BCUT2D eigenvalue weighted by Crippen LogP contribution is -2.36. The van der Waals surface area contributed by atoms with Crippen LogP contribution in [0.3, 0.4) is 0 Å². The van der Waals surface area contributed by atoms with E-state index in [0.29, 0.717) is 17.4 Å². The number of amides is 1. The predicted molar refractivity (Wildman–Crippen MR) is 96.2 cm³/mol. The second kappa shape index (κ2) is 7.33. The van der Waals surface area contributed by atoms with E-state index in [-0.39, 0.29) is 23.5 Å². The highest BCUT2D eigenvalue weighted by atomic mass is 32.2. The summed E-state index contributed by atoms with van der Waals surface area (Å²) in [5.41, 5.74) is 0.408. The molecule has 25 heavy (non-hydrogen) atoms. The minimum Gasteiger partial charge on any atom is -0.482 e. The summed E-state index contributed by atoms with van der Waals surface area (Å²) in [6, 6.07) is 4.55. The van der Waals surface area contributed by atoms with Crippen molar-refractivity contribution < 1.29 is 17.9 Å². The van der Waals surface area contributed by atoms with Crippen molar-refractivity contribution in [1.29, 1.82) is 0 Å². The summed E-state index contributed by atoms with van der Waals surface area (Å²) in [6.45, 7) is 1.92. The van der Waals surface area contributed by atoms with Gasteiger partial charge in [0.05, 0.1) is 10.6 Å². The normalized spacial score (nSPS) is 19.9. The number of nitrogens with one attached hydrogen (secondary N) is 1. The zero-order valence-electron chi connectivity index (χ0n) is 14.8. The molecule has 1 aromatic carbocycles. The van der Waals surface area contributed by atoms with Gasteiger partial charge in [-0.15, -0.1) is 0 Å². The van der Waals surface area contributed by atoms with Gasteiger partial charge in [0.2, 0.25) is 10.0 Å². The van der Waals surface area contributed by atoms with Crippen LogP contribution >= 0.6 is 0 Å². The van der Waals surface area contributed by atoms with Gasteiger partial charge in [-0.2, -0.15) is 4.31 Å². The Balaban J connectivity index is 1.75. The number of benzene rings is 1. The Hall–Kier alpha value is -1.60. The Kier molecular flexibility index (Phi) is 5.34. The number of carbonyl (C=O) groups is 1. The van der Waals surface area contributed by atoms with Crippen LogP contribution in [0.5, 0.6) is 5.75 Å². The molecule has 0 unspecified atom stereocenters. The lowest BCUT2D eigenvalue weighted by molar-refractivity contribution is -0.118. The van der Waals surface area contributed by atoms with Crippen LogP contribution in [0.15, 0.2) is 23.1 Å². The summed E-state index contributed by atoms with van der Waals surface area (Å²) < 4.78 is 32.7. The van der Waals surface area contributed by atoms with E-state index in [0.717, 1.165) is 6.42 Å². The van der Waals surface area contributed by atoms with Crippen molar-refractivity contribution in [1.82, 2.24) is 4.31 Å². The Morgan fingerprint density at radius 2 is 2.00 bits per heavy atom. The molecule has 2 aliphatic rings. The van der Waals surface area contributed by atoms with Gasteiger partial charge in [0.1, 0.15) is 5.75 Å². The number of sulfonamides is 1. The van der Waals surface area contributed by atoms with Crippen molar-refractivity contribution >= 4 is 21.6 Å². The van der Waals surface area contributed by atoms with Gasteiger partial charge in [0.25, 0.3) is 5.91 Å². The van der Waals surface area contributed by atoms with Gasteiger partial charge in [-0.3, -0.25) is 4.79 Å². The zero-order chi connectivity index (χ0) is 18.0. The number of fused-ring (bicyclic) bond motifs is 1. The van der Waals surface area contributed by atoms with Crippen LogP contribution in [0.25, 0.3) is 0 Å². The lowest BCUT2D eigenvalue weighted by atomic mass is 9.85. The second-order valence-electron chi connectivity index (χ2n) is 7.10. The first-order valence-electron chi connectivity index (χ1n) is 8.92. The molecule has 3 rings (SSSR count). The fourth-order valence-electron chi connectivity index (χ4n) is 3.68. The largest absolute Gasteiger partial charge is 0.482 e. The summed E-state index contributed by atoms with van der Waals surface area (Å²) in [7, 11) is -1.98. The Morgan fingerprint density at radius 1 is 1.28 bits per heavy atom. The minimum absolute atomic E-state index is 0.0442. The average Bonchev–Trinajstić information content (AvgIpc) is 2.61. The number of hydrogen-bond acceptors (Lipinski definition) is 4. The third-order valence-corrected chi connectivity index (χ3v) is 7.25. The van der Waals surface area contributed by atoms with E-state index in [2.05, 4.69) is 5.32 Å². The predicted octanol–water partition coefficient (Wildman–Crippen LogP) is 3.00. The van der Waals surface area contributed by atoms with Crippen molar-refractivity contribution in [2.75, 3.05) is 19.0 Å². The Morgan fingerprint density at radius 3 is 2.72 bits per heavy atom. The first kappa shape index (κ1) is 18.2. The molecule has 1 aromatic rings. The second-order valence-corrected chi connectivity index (χ2v) is 9.10. The highest BCUT2D eigenvalue weighted by molar-refractivity contribution is 7.89. The van der Waals surface area contributed by atoms with Gasteiger partial charge in [0.15, 0.2) is 6.61 Å². The highest BCUT2D eigenvalue weighted by Gasteiger charge is 2.29. The van der Waals surface area contributed by atoms with Gasteiger partial charge in [0, 0.05) is 13.1 Å². The van der Waals surface area contributed by atoms with Crippen LogP contribution in [0.1, 0.15) is 45.4 Å². The maximum atomic E-state index is 13.0. The standard InChI is InChI=1S/C18H26N2O4S/c1-13(10-14-6-4-3-5-7-14)20(2)25(22,23)15-8-9-17-16(11-15)19-18(21)12-24-17/h8-9,11,13-14H,3-7,10,12H2,1-2H3,(H,19,21)/t13-/m1/s1. The number of hydrogen-bond donors (Lipinski definition) is 1. The molecular formula is C18H26N2O4S. The molecule has 1 atom stereocenters. The van der Waals surface area contributed by atoms with E-state index in [1.807, 2.05) is 6.92 Å². The van der Waals surface area contributed by atoms with Gasteiger partial charge in [-0.25, -0.2) is 8.42 Å². The van der Waals surface area contributed by atoms with E-state index in [1.165, 1.54) is 48.5 Å². The quantitative estimate of drug-likeness (QED) is 0.869. The van der Waals surface area contributed by atoms with Crippen LogP contribution in [0, 0.1) is 5.92 Å². The van der Waals surface area contributed by atoms with E-state index in [4.69, 9.17) is 4.74 Å². The monoisotopic (exact) mass is 366 g/mol. The number of nitrogens with zero attached hydrogens (tertiary/aromatic N) is 1. The van der Waals surface area contributed by atoms with Crippen molar-refractivity contribution in [3.8, 4) is 5.75 Å². The number of rotatable bonds is 5. The summed E-state index contributed by atoms with van der Waals surface area (Å²) in [4.78, 5) is 11.6. The maximum Gasteiger partial charge on any atom is 0.262 e. The summed E-state index contributed by atoms with van der Waals surface area (Å²) >= 11 is 0. The first-order valence-corrected chi connectivity index (χ1v) is 10.4. The van der Waals surface area contributed by atoms with Gasteiger partial charge in [-0.1, -0.05) is 32.1 Å². The van der Waals surface area contributed by atoms with Crippen LogP contribution < -0.4 is 10.1 Å². The molecule has 7 heteroatoms.